The summed E-state index contributed by atoms with van der Waals surface area (Å²) in [7, 11) is 1.94. The number of imidazole rings is 1. The first-order valence-corrected chi connectivity index (χ1v) is 5.63. The van der Waals surface area contributed by atoms with Crippen LogP contribution in [0.25, 0.3) is 0 Å². The number of rotatable bonds is 3. The summed E-state index contributed by atoms with van der Waals surface area (Å²) in [5.74, 6) is 0.828. The fraction of sp³-hybridized carbons (Fsp3) is 0.727. The van der Waals surface area contributed by atoms with Crippen molar-refractivity contribution in [1.82, 2.24) is 9.55 Å². The summed E-state index contributed by atoms with van der Waals surface area (Å²) in [6.07, 6.45) is 9.00. The van der Waals surface area contributed by atoms with E-state index in [1.807, 2.05) is 17.8 Å². The molecule has 84 valence electrons. The lowest BCUT2D eigenvalue weighted by Crippen LogP contribution is -2.39. The quantitative estimate of drug-likeness (QED) is 0.793. The van der Waals surface area contributed by atoms with Crippen LogP contribution in [0.3, 0.4) is 0 Å². The number of hydrogen-bond donors (Lipinski definition) is 2. The van der Waals surface area contributed by atoms with Crippen molar-refractivity contribution in [2.75, 3.05) is 11.9 Å². The van der Waals surface area contributed by atoms with Crippen LogP contribution >= 0.6 is 0 Å². The minimum Gasteiger partial charge on any atom is -0.388 e. The Morgan fingerprint density at radius 3 is 2.80 bits per heavy atom. The highest BCUT2D eigenvalue weighted by atomic mass is 16.3. The van der Waals surface area contributed by atoms with Crippen molar-refractivity contribution < 1.29 is 5.11 Å². The monoisotopic (exact) mass is 209 g/mol. The third kappa shape index (κ3) is 2.50. The summed E-state index contributed by atoms with van der Waals surface area (Å²) >= 11 is 0. The lowest BCUT2D eigenvalue weighted by Gasteiger charge is -2.32. The van der Waals surface area contributed by atoms with Gasteiger partial charge in [-0.15, -0.1) is 0 Å². The van der Waals surface area contributed by atoms with Gasteiger partial charge in [-0.3, -0.25) is 0 Å². The molecule has 1 aromatic rings. The van der Waals surface area contributed by atoms with Gasteiger partial charge in [0.1, 0.15) is 0 Å². The highest BCUT2D eigenvalue weighted by molar-refractivity contribution is 5.26. The first kappa shape index (κ1) is 10.5. The SMILES string of the molecule is Cn1ccnc1NCC1(O)CCCCC1. The predicted octanol–water partition coefficient (Wildman–Crippen LogP) is 1.53. The zero-order valence-electron chi connectivity index (χ0n) is 9.24. The molecule has 1 fully saturated rings. The molecule has 0 aromatic carbocycles. The maximum atomic E-state index is 10.3. The number of aromatic nitrogens is 2. The van der Waals surface area contributed by atoms with Crippen LogP contribution in [0.2, 0.25) is 0 Å². The zero-order valence-corrected chi connectivity index (χ0v) is 9.24. The summed E-state index contributed by atoms with van der Waals surface area (Å²) in [4.78, 5) is 4.17. The van der Waals surface area contributed by atoms with Crippen LogP contribution in [0, 0.1) is 0 Å². The van der Waals surface area contributed by atoms with Crippen molar-refractivity contribution in [3.63, 3.8) is 0 Å². The van der Waals surface area contributed by atoms with Gasteiger partial charge < -0.3 is 15.0 Å². The molecule has 0 unspecified atom stereocenters. The van der Waals surface area contributed by atoms with Crippen molar-refractivity contribution >= 4 is 5.95 Å². The van der Waals surface area contributed by atoms with Crippen molar-refractivity contribution in [1.29, 1.82) is 0 Å². The number of hydrogen-bond acceptors (Lipinski definition) is 3. The number of nitrogens with zero attached hydrogens (tertiary/aromatic N) is 2. The Hall–Kier alpha value is -1.03. The second kappa shape index (κ2) is 4.23. The number of nitrogens with one attached hydrogen (secondary N) is 1. The number of anilines is 1. The van der Waals surface area contributed by atoms with Gasteiger partial charge in [-0.25, -0.2) is 4.98 Å². The molecular formula is C11H19N3O. The molecule has 0 atom stereocenters. The Kier molecular flexibility index (Phi) is 2.95. The Morgan fingerprint density at radius 1 is 1.47 bits per heavy atom. The maximum absolute atomic E-state index is 10.3. The molecule has 2 N–H and O–H groups in total. The molecule has 2 rings (SSSR count). The third-order valence-corrected chi connectivity index (χ3v) is 3.18. The van der Waals surface area contributed by atoms with E-state index in [9.17, 15) is 5.11 Å². The van der Waals surface area contributed by atoms with E-state index in [0.717, 1.165) is 31.6 Å². The highest BCUT2D eigenvalue weighted by Crippen LogP contribution is 2.27. The first-order chi connectivity index (χ1) is 7.20. The molecule has 0 spiro atoms. The van der Waals surface area contributed by atoms with Crippen LogP contribution in [0.1, 0.15) is 32.1 Å². The molecular weight excluding hydrogens is 190 g/mol. The van der Waals surface area contributed by atoms with E-state index in [-0.39, 0.29) is 0 Å². The molecule has 0 bridgehead atoms. The van der Waals surface area contributed by atoms with E-state index in [1.165, 1.54) is 6.42 Å². The normalized spacial score (nSPS) is 20.1. The zero-order chi connectivity index (χ0) is 10.7. The second-order valence-electron chi connectivity index (χ2n) is 4.50. The summed E-state index contributed by atoms with van der Waals surface area (Å²) in [5.41, 5.74) is -0.524. The fourth-order valence-corrected chi connectivity index (χ4v) is 2.17. The minimum absolute atomic E-state index is 0.524. The van der Waals surface area contributed by atoms with Gasteiger partial charge in [0.05, 0.1) is 5.60 Å². The van der Waals surface area contributed by atoms with E-state index in [2.05, 4.69) is 10.3 Å². The molecule has 0 amide bonds. The van der Waals surface area contributed by atoms with E-state index < -0.39 is 5.60 Å². The van der Waals surface area contributed by atoms with Crippen molar-refractivity contribution in [2.45, 2.75) is 37.7 Å². The van der Waals surface area contributed by atoms with Gasteiger partial charge in [-0.2, -0.15) is 0 Å². The average molecular weight is 209 g/mol. The summed E-state index contributed by atoms with van der Waals surface area (Å²) < 4.78 is 1.92. The van der Waals surface area contributed by atoms with Gasteiger partial charge in [0.2, 0.25) is 5.95 Å². The Bertz CT molecular complexity index is 315. The maximum Gasteiger partial charge on any atom is 0.202 e. The largest absolute Gasteiger partial charge is 0.388 e. The summed E-state index contributed by atoms with van der Waals surface area (Å²) in [5, 5.41) is 13.5. The van der Waals surface area contributed by atoms with E-state index >= 15 is 0 Å². The molecule has 1 aliphatic carbocycles. The fourth-order valence-electron chi connectivity index (χ4n) is 2.17. The topological polar surface area (TPSA) is 50.1 Å². The van der Waals surface area contributed by atoms with Crippen molar-refractivity contribution in [2.24, 2.45) is 7.05 Å². The minimum atomic E-state index is -0.524. The third-order valence-electron chi connectivity index (χ3n) is 3.18. The molecule has 1 saturated carbocycles. The van der Waals surface area contributed by atoms with Crippen LogP contribution in [0.5, 0.6) is 0 Å². The smallest absolute Gasteiger partial charge is 0.202 e. The molecule has 1 heterocycles. The number of aryl methyl sites for hydroxylation is 1. The lowest BCUT2D eigenvalue weighted by atomic mass is 9.85. The van der Waals surface area contributed by atoms with Gasteiger partial charge in [0.15, 0.2) is 0 Å². The van der Waals surface area contributed by atoms with E-state index in [1.54, 1.807) is 6.20 Å². The molecule has 4 heteroatoms. The first-order valence-electron chi connectivity index (χ1n) is 5.63. The Balaban J connectivity index is 1.89. The average Bonchev–Trinajstić information content (AvgIpc) is 2.62. The molecule has 4 nitrogen and oxygen atoms in total. The summed E-state index contributed by atoms with van der Waals surface area (Å²) in [6, 6.07) is 0. The molecule has 0 aliphatic heterocycles. The number of aliphatic hydroxyl groups is 1. The molecule has 15 heavy (non-hydrogen) atoms. The molecule has 1 aromatic heterocycles. The Morgan fingerprint density at radius 2 is 2.20 bits per heavy atom. The lowest BCUT2D eigenvalue weighted by molar-refractivity contribution is 0.0165. The van der Waals surface area contributed by atoms with Crippen LogP contribution in [-0.4, -0.2) is 26.8 Å². The van der Waals surface area contributed by atoms with Crippen molar-refractivity contribution in [3.8, 4) is 0 Å². The van der Waals surface area contributed by atoms with E-state index in [4.69, 9.17) is 0 Å². The van der Waals surface area contributed by atoms with Gasteiger partial charge in [0, 0.05) is 26.0 Å². The molecule has 0 saturated heterocycles. The van der Waals surface area contributed by atoms with Gasteiger partial charge in [-0.05, 0) is 12.8 Å². The predicted molar refractivity (Wildman–Crippen MR) is 59.7 cm³/mol. The molecule has 0 radical (unpaired) electrons. The van der Waals surface area contributed by atoms with Crippen LogP contribution in [0.15, 0.2) is 12.4 Å². The standard InChI is InChI=1S/C11H19N3O/c1-14-8-7-12-10(14)13-9-11(15)5-3-2-4-6-11/h7-8,15H,2-6,9H2,1H3,(H,12,13). The Labute approximate surface area is 90.3 Å². The van der Waals surface area contributed by atoms with Crippen molar-refractivity contribution in [3.05, 3.63) is 12.4 Å². The van der Waals surface area contributed by atoms with E-state index in [0.29, 0.717) is 6.54 Å². The van der Waals surface area contributed by atoms with Crippen LogP contribution < -0.4 is 5.32 Å². The molecule has 1 aliphatic rings. The van der Waals surface area contributed by atoms with Crippen LogP contribution in [-0.2, 0) is 7.05 Å². The van der Waals surface area contributed by atoms with Crippen LogP contribution in [0.4, 0.5) is 5.95 Å². The summed E-state index contributed by atoms with van der Waals surface area (Å²) in [6.45, 7) is 0.609. The highest BCUT2D eigenvalue weighted by Gasteiger charge is 2.28. The van der Waals surface area contributed by atoms with Gasteiger partial charge in [-0.1, -0.05) is 19.3 Å². The van der Waals surface area contributed by atoms with Gasteiger partial charge in [0.25, 0.3) is 0 Å². The van der Waals surface area contributed by atoms with Gasteiger partial charge >= 0.3 is 0 Å². The second-order valence-corrected chi connectivity index (χ2v) is 4.50.